The Kier molecular flexibility index (Phi) is 1.49. The molecule has 1 heterocycles. The molecule has 0 bridgehead atoms. The third kappa shape index (κ3) is 0.968. The van der Waals surface area contributed by atoms with Crippen LogP contribution in [0.4, 0.5) is 0 Å². The number of hydrogen-bond acceptors (Lipinski definition) is 3. The molecule has 1 rings (SSSR count). The molecule has 1 saturated heterocycles. The molecule has 1 aliphatic rings. The second-order valence-corrected chi connectivity index (χ2v) is 0.979. The van der Waals surface area contributed by atoms with Crippen molar-refractivity contribution in [3.05, 3.63) is 0 Å². The molecule has 6 heavy (non-hydrogen) atoms. The summed E-state index contributed by atoms with van der Waals surface area (Å²) >= 11 is 0. The van der Waals surface area contributed by atoms with Gasteiger partial charge >= 0.3 is 7.69 Å². The molecule has 0 amide bonds. The van der Waals surface area contributed by atoms with Gasteiger partial charge in [0.05, 0.1) is 0 Å². The summed E-state index contributed by atoms with van der Waals surface area (Å²) in [5.41, 5.74) is 2.60. The highest BCUT2D eigenvalue weighted by molar-refractivity contribution is 6.17. The van der Waals surface area contributed by atoms with Crippen molar-refractivity contribution >= 4 is 7.69 Å². The predicted molar refractivity (Wildman–Crippen MR) is 20.8 cm³/mol. The zero-order valence-electron chi connectivity index (χ0n) is 3.31. The second-order valence-electron chi connectivity index (χ2n) is 0.979. The lowest BCUT2D eigenvalue weighted by Gasteiger charge is -2.09. The molecule has 1 radical (unpaired) electrons. The van der Waals surface area contributed by atoms with Gasteiger partial charge in [-0.05, 0) is 0 Å². The summed E-state index contributed by atoms with van der Waals surface area (Å²) in [7, 11) is 1.28. The molecular weight excluding hydrogens is 80.8 g/mol. The summed E-state index contributed by atoms with van der Waals surface area (Å²) in [4.78, 5) is 0. The van der Waals surface area contributed by atoms with Crippen LogP contribution in [-0.2, 0) is 9.41 Å². The van der Waals surface area contributed by atoms with E-state index in [-0.39, 0.29) is 0 Å². The average molecular weight is 85.9 g/mol. The molecule has 1 fully saturated rings. The summed E-state index contributed by atoms with van der Waals surface area (Å²) in [6.45, 7) is 1.48. The number of hydrogen-bond donors (Lipinski definition) is 1. The fourth-order valence-corrected chi connectivity index (χ4v) is 0.276. The van der Waals surface area contributed by atoms with Gasteiger partial charge in [0, 0.05) is 13.2 Å². The quantitative estimate of drug-likeness (QED) is 0.386. The maximum atomic E-state index is 4.66. The molecule has 0 unspecified atom stereocenters. The van der Waals surface area contributed by atoms with E-state index in [1.165, 1.54) is 7.69 Å². The lowest BCUT2D eigenvalue weighted by molar-refractivity contribution is 0.0915. The van der Waals surface area contributed by atoms with Crippen LogP contribution >= 0.6 is 0 Å². The Hall–Kier alpha value is -0.0551. The van der Waals surface area contributed by atoms with Gasteiger partial charge in [-0.2, -0.15) is 0 Å². The van der Waals surface area contributed by atoms with Gasteiger partial charge < -0.3 is 9.41 Å². The Balaban J connectivity index is 2.00. The van der Waals surface area contributed by atoms with Crippen LogP contribution in [0.15, 0.2) is 0 Å². The third-order valence-corrected chi connectivity index (χ3v) is 0.521. The Morgan fingerprint density at radius 3 is 2.83 bits per heavy atom. The first-order valence-corrected chi connectivity index (χ1v) is 1.82. The molecule has 0 aromatic heterocycles. The molecule has 33 valence electrons. The zero-order chi connectivity index (χ0) is 4.24. The minimum Gasteiger partial charge on any atom is -0.411 e. The minimum absolute atomic E-state index is 0.708. The van der Waals surface area contributed by atoms with Crippen LogP contribution in [0.1, 0.15) is 0 Å². The monoisotopic (exact) mass is 86.0 g/mol. The van der Waals surface area contributed by atoms with Crippen molar-refractivity contribution in [3.8, 4) is 0 Å². The fourth-order valence-electron chi connectivity index (χ4n) is 0.276. The number of hydroxylamine groups is 1. The van der Waals surface area contributed by atoms with Crippen molar-refractivity contribution < 1.29 is 9.41 Å². The highest BCUT2D eigenvalue weighted by Gasteiger charge is 1.98. The van der Waals surface area contributed by atoms with E-state index in [0.29, 0.717) is 6.61 Å². The van der Waals surface area contributed by atoms with Crippen molar-refractivity contribution in [3.63, 3.8) is 0 Å². The SMILES string of the molecule is [B]1OCCNO1. The standard InChI is InChI=1S/C2H5BNO2/c1-2-5-3-6-4-1/h4H,1-2H2. The molecule has 1 N–H and O–H groups in total. The highest BCUT2D eigenvalue weighted by Crippen LogP contribution is 1.75. The number of rotatable bonds is 0. The van der Waals surface area contributed by atoms with Crippen LogP contribution in [0.3, 0.4) is 0 Å². The van der Waals surface area contributed by atoms with E-state index < -0.39 is 0 Å². The van der Waals surface area contributed by atoms with Gasteiger partial charge in [0.25, 0.3) is 0 Å². The minimum atomic E-state index is 0.708. The van der Waals surface area contributed by atoms with E-state index in [1.54, 1.807) is 0 Å². The van der Waals surface area contributed by atoms with Crippen LogP contribution < -0.4 is 5.48 Å². The maximum Gasteiger partial charge on any atom is 0.506 e. The predicted octanol–water partition coefficient (Wildman–Crippen LogP) is -0.928. The molecule has 0 saturated carbocycles. The lowest BCUT2D eigenvalue weighted by Crippen LogP contribution is -2.30. The van der Waals surface area contributed by atoms with E-state index in [1.807, 2.05) is 0 Å². The lowest BCUT2D eigenvalue weighted by atomic mass is 10.4. The molecule has 0 aromatic rings. The maximum absolute atomic E-state index is 4.66. The highest BCUT2D eigenvalue weighted by atomic mass is 16.7. The van der Waals surface area contributed by atoms with Crippen molar-refractivity contribution in [1.82, 2.24) is 5.48 Å². The van der Waals surface area contributed by atoms with Crippen LogP contribution in [0.2, 0.25) is 0 Å². The van der Waals surface area contributed by atoms with Crippen LogP contribution in [0.25, 0.3) is 0 Å². The third-order valence-electron chi connectivity index (χ3n) is 0.521. The van der Waals surface area contributed by atoms with Crippen molar-refractivity contribution in [2.45, 2.75) is 0 Å². The largest absolute Gasteiger partial charge is 0.506 e. The molecule has 0 aliphatic carbocycles. The van der Waals surface area contributed by atoms with Gasteiger partial charge in [0.1, 0.15) is 0 Å². The Labute approximate surface area is 36.9 Å². The first-order chi connectivity index (χ1) is 3.00. The van der Waals surface area contributed by atoms with Crippen molar-refractivity contribution in [2.24, 2.45) is 0 Å². The topological polar surface area (TPSA) is 30.5 Å². The van der Waals surface area contributed by atoms with Gasteiger partial charge in [-0.25, -0.2) is 5.48 Å². The molecule has 1 aliphatic heterocycles. The summed E-state index contributed by atoms with van der Waals surface area (Å²) < 4.78 is 9.13. The van der Waals surface area contributed by atoms with Gasteiger partial charge in [0.15, 0.2) is 0 Å². The van der Waals surface area contributed by atoms with Gasteiger partial charge in [0.2, 0.25) is 0 Å². The Morgan fingerprint density at radius 2 is 2.67 bits per heavy atom. The molecule has 0 spiro atoms. The first-order valence-electron chi connectivity index (χ1n) is 1.82. The smallest absolute Gasteiger partial charge is 0.411 e. The second kappa shape index (κ2) is 2.18. The van der Waals surface area contributed by atoms with E-state index >= 15 is 0 Å². The van der Waals surface area contributed by atoms with Crippen LogP contribution in [0.5, 0.6) is 0 Å². The summed E-state index contributed by atoms with van der Waals surface area (Å²) in [6.07, 6.45) is 0. The molecule has 4 heteroatoms. The Morgan fingerprint density at radius 1 is 1.67 bits per heavy atom. The summed E-state index contributed by atoms with van der Waals surface area (Å²) in [5, 5.41) is 0. The van der Waals surface area contributed by atoms with Crippen molar-refractivity contribution in [2.75, 3.05) is 13.2 Å². The van der Waals surface area contributed by atoms with Crippen LogP contribution in [-0.4, -0.2) is 20.8 Å². The molecule has 3 nitrogen and oxygen atoms in total. The van der Waals surface area contributed by atoms with Gasteiger partial charge in [-0.15, -0.1) is 0 Å². The fraction of sp³-hybridized carbons (Fsp3) is 1.00. The average Bonchev–Trinajstić information content (AvgIpc) is 1.72. The normalized spacial score (nSPS) is 22.7. The summed E-state index contributed by atoms with van der Waals surface area (Å²) in [5.74, 6) is 0. The van der Waals surface area contributed by atoms with E-state index in [2.05, 4.69) is 14.9 Å². The number of nitrogens with one attached hydrogen (secondary N) is 1. The van der Waals surface area contributed by atoms with E-state index in [0.717, 1.165) is 6.54 Å². The van der Waals surface area contributed by atoms with E-state index in [4.69, 9.17) is 0 Å². The summed E-state index contributed by atoms with van der Waals surface area (Å²) in [6, 6.07) is 0. The molecule has 0 atom stereocenters. The molecule has 0 aromatic carbocycles. The van der Waals surface area contributed by atoms with E-state index in [9.17, 15) is 0 Å². The zero-order valence-corrected chi connectivity index (χ0v) is 3.31. The van der Waals surface area contributed by atoms with Gasteiger partial charge in [-0.3, -0.25) is 0 Å². The Bertz CT molecular complexity index is 27.0. The van der Waals surface area contributed by atoms with Crippen LogP contribution in [0, 0.1) is 0 Å². The first kappa shape index (κ1) is 4.11. The van der Waals surface area contributed by atoms with Gasteiger partial charge in [-0.1, -0.05) is 0 Å². The van der Waals surface area contributed by atoms with Crippen molar-refractivity contribution in [1.29, 1.82) is 0 Å². The molecular formula is C2H5BNO2.